The molecule has 188 valence electrons. The number of nitrogens with zero attached hydrogens (tertiary/aromatic N) is 1. The highest BCUT2D eigenvalue weighted by atomic mass is 32.2. The van der Waals surface area contributed by atoms with E-state index < -0.39 is 10.0 Å². The fourth-order valence-electron chi connectivity index (χ4n) is 7.16. The van der Waals surface area contributed by atoms with Crippen LogP contribution < -0.4 is 10.1 Å². The highest BCUT2D eigenvalue weighted by molar-refractivity contribution is 7.89. The molecule has 0 heterocycles. The lowest BCUT2D eigenvalue weighted by atomic mass is 9.48. The van der Waals surface area contributed by atoms with Crippen LogP contribution >= 0.6 is 0 Å². The minimum atomic E-state index is -3.56. The van der Waals surface area contributed by atoms with Crippen LogP contribution in [-0.2, 0) is 26.7 Å². The maximum atomic E-state index is 12.7. The highest BCUT2D eigenvalue weighted by Crippen LogP contribution is 2.60. The first-order valence-electron chi connectivity index (χ1n) is 12.7. The van der Waals surface area contributed by atoms with Crippen LogP contribution in [0.4, 0.5) is 5.69 Å². The van der Waals surface area contributed by atoms with Crippen LogP contribution in [0.3, 0.4) is 0 Å². The fraction of sp³-hybridized carbons (Fsp3) is 0.536. The van der Waals surface area contributed by atoms with Gasteiger partial charge in [-0.1, -0.05) is 12.1 Å². The molecule has 4 aliphatic carbocycles. The lowest BCUT2D eigenvalue weighted by Crippen LogP contribution is -2.48. The Kier molecular flexibility index (Phi) is 6.43. The number of amides is 1. The van der Waals surface area contributed by atoms with Gasteiger partial charge in [-0.15, -0.1) is 0 Å². The summed E-state index contributed by atoms with van der Waals surface area (Å²) in [6, 6.07) is 13.3. The number of anilines is 1. The Balaban J connectivity index is 1.23. The molecule has 35 heavy (non-hydrogen) atoms. The monoisotopic (exact) mass is 496 g/mol. The van der Waals surface area contributed by atoms with E-state index in [1.165, 1.54) is 68.6 Å². The second-order valence-electron chi connectivity index (χ2n) is 11.1. The molecule has 0 radical (unpaired) electrons. The number of nitrogens with one attached hydrogen (secondary N) is 1. The predicted octanol–water partition coefficient (Wildman–Crippen LogP) is 4.98. The number of benzene rings is 2. The van der Waals surface area contributed by atoms with Crippen molar-refractivity contribution in [1.82, 2.24) is 4.31 Å². The molecule has 2 aromatic rings. The Morgan fingerprint density at radius 3 is 2.14 bits per heavy atom. The smallest absolute Gasteiger partial charge is 0.242 e. The molecule has 4 bridgehead atoms. The van der Waals surface area contributed by atoms with E-state index >= 15 is 0 Å². The number of hydrogen-bond donors (Lipinski definition) is 1. The van der Waals surface area contributed by atoms with Crippen LogP contribution in [0, 0.1) is 17.8 Å². The number of carbonyl (C=O) groups is 1. The van der Waals surface area contributed by atoms with Crippen LogP contribution in [0.5, 0.6) is 5.75 Å². The van der Waals surface area contributed by atoms with E-state index in [2.05, 4.69) is 17.4 Å². The van der Waals surface area contributed by atoms with Gasteiger partial charge in [-0.25, -0.2) is 12.7 Å². The number of ether oxygens (including phenoxy) is 1. The molecule has 6 nitrogen and oxygen atoms in total. The number of carbonyl (C=O) groups excluding carboxylic acids is 1. The molecule has 6 rings (SSSR count). The molecule has 2 aromatic carbocycles. The molecule has 0 aromatic heterocycles. The Bertz CT molecular complexity index is 1170. The summed E-state index contributed by atoms with van der Waals surface area (Å²) < 4.78 is 31.6. The summed E-state index contributed by atoms with van der Waals surface area (Å²) in [6.45, 7) is 0. The molecule has 0 aliphatic heterocycles. The van der Waals surface area contributed by atoms with Gasteiger partial charge in [0.1, 0.15) is 5.75 Å². The van der Waals surface area contributed by atoms with Gasteiger partial charge in [-0.2, -0.15) is 0 Å². The van der Waals surface area contributed by atoms with Gasteiger partial charge in [-0.3, -0.25) is 4.79 Å². The van der Waals surface area contributed by atoms with E-state index in [9.17, 15) is 13.2 Å². The van der Waals surface area contributed by atoms with Crippen LogP contribution in [0.2, 0.25) is 0 Å². The van der Waals surface area contributed by atoms with E-state index in [-0.39, 0.29) is 17.2 Å². The molecule has 4 saturated carbocycles. The molecule has 7 heteroatoms. The van der Waals surface area contributed by atoms with Crippen LogP contribution in [0.15, 0.2) is 47.4 Å². The van der Waals surface area contributed by atoms with Gasteiger partial charge >= 0.3 is 0 Å². The van der Waals surface area contributed by atoms with Gasteiger partial charge in [-0.05, 0) is 110 Å². The summed E-state index contributed by atoms with van der Waals surface area (Å²) in [4.78, 5) is 12.9. The molecule has 0 spiro atoms. The summed E-state index contributed by atoms with van der Waals surface area (Å²) in [5, 5.41) is 3.01. The summed E-state index contributed by atoms with van der Waals surface area (Å²) in [5.41, 5.74) is 3.30. The maximum absolute atomic E-state index is 12.7. The van der Waals surface area contributed by atoms with E-state index in [0.717, 1.165) is 23.4 Å². The zero-order valence-electron chi connectivity index (χ0n) is 20.9. The Morgan fingerprint density at radius 2 is 1.60 bits per heavy atom. The first-order chi connectivity index (χ1) is 16.7. The van der Waals surface area contributed by atoms with Crippen LogP contribution in [0.25, 0.3) is 0 Å². The third-order valence-corrected chi connectivity index (χ3v) is 10.3. The lowest BCUT2D eigenvalue weighted by Gasteiger charge is -2.57. The number of aryl methyl sites for hydroxylation is 1. The second-order valence-corrected chi connectivity index (χ2v) is 13.2. The van der Waals surface area contributed by atoms with Crippen molar-refractivity contribution < 1.29 is 17.9 Å². The van der Waals surface area contributed by atoms with Crippen LogP contribution in [-0.4, -0.2) is 39.8 Å². The largest absolute Gasteiger partial charge is 0.496 e. The standard InChI is InChI=1S/C28H36N2O4S/c1-30(2)35(32,33)25-9-10-26(34-3)22(15-25)4-11-27(31)29-24-7-5-23(6-8-24)28-16-19-12-20(17-28)14-21(13-19)18-28/h5-10,15,19-21H,4,11-14,16-18H2,1-3H3,(H,29,31). The van der Waals surface area contributed by atoms with Gasteiger partial charge in [0.2, 0.25) is 15.9 Å². The second kappa shape index (κ2) is 9.25. The van der Waals surface area contributed by atoms with Gasteiger partial charge in [0.05, 0.1) is 12.0 Å². The summed E-state index contributed by atoms with van der Waals surface area (Å²) in [7, 11) is 0.993. The number of methoxy groups -OCH3 is 1. The molecule has 1 amide bonds. The molecule has 1 N–H and O–H groups in total. The third-order valence-electron chi connectivity index (χ3n) is 8.47. The van der Waals surface area contributed by atoms with Crippen molar-refractivity contribution in [1.29, 1.82) is 0 Å². The Hall–Kier alpha value is -2.38. The van der Waals surface area contributed by atoms with Gasteiger partial charge in [0.15, 0.2) is 0 Å². The topological polar surface area (TPSA) is 75.7 Å². The molecular weight excluding hydrogens is 460 g/mol. The summed E-state index contributed by atoms with van der Waals surface area (Å²) in [6.07, 6.45) is 8.90. The first kappa shape index (κ1) is 24.3. The van der Waals surface area contributed by atoms with E-state index in [0.29, 0.717) is 23.1 Å². The van der Waals surface area contributed by atoms with Gasteiger partial charge < -0.3 is 10.1 Å². The lowest BCUT2D eigenvalue weighted by molar-refractivity contribution is -0.116. The maximum Gasteiger partial charge on any atom is 0.242 e. The third kappa shape index (κ3) is 4.73. The van der Waals surface area contributed by atoms with Crippen molar-refractivity contribution in [2.24, 2.45) is 17.8 Å². The number of rotatable bonds is 8. The Labute approximate surface area is 209 Å². The number of hydrogen-bond acceptors (Lipinski definition) is 4. The van der Waals surface area contributed by atoms with Gasteiger partial charge in [0.25, 0.3) is 0 Å². The summed E-state index contributed by atoms with van der Waals surface area (Å²) >= 11 is 0. The van der Waals surface area contributed by atoms with E-state index in [1.54, 1.807) is 19.2 Å². The average Bonchev–Trinajstić information content (AvgIpc) is 2.82. The van der Waals surface area contributed by atoms with Crippen molar-refractivity contribution in [3.05, 3.63) is 53.6 Å². The highest BCUT2D eigenvalue weighted by Gasteiger charge is 2.51. The molecule has 4 aliphatic rings. The minimum Gasteiger partial charge on any atom is -0.496 e. The van der Waals surface area contributed by atoms with Crippen molar-refractivity contribution in [3.63, 3.8) is 0 Å². The molecule has 0 saturated heterocycles. The van der Waals surface area contributed by atoms with Crippen molar-refractivity contribution >= 4 is 21.6 Å². The molecular formula is C28H36N2O4S. The van der Waals surface area contributed by atoms with E-state index in [4.69, 9.17) is 4.74 Å². The predicted molar refractivity (Wildman–Crippen MR) is 137 cm³/mol. The zero-order valence-corrected chi connectivity index (χ0v) is 21.7. The quantitative estimate of drug-likeness (QED) is 0.559. The zero-order chi connectivity index (χ0) is 24.8. The Morgan fingerprint density at radius 1 is 1.00 bits per heavy atom. The van der Waals surface area contributed by atoms with Crippen molar-refractivity contribution in [2.75, 3.05) is 26.5 Å². The van der Waals surface area contributed by atoms with Crippen molar-refractivity contribution in [3.8, 4) is 5.75 Å². The van der Waals surface area contributed by atoms with Crippen molar-refractivity contribution in [2.45, 2.75) is 61.7 Å². The summed E-state index contributed by atoms with van der Waals surface area (Å²) in [5.74, 6) is 3.20. The molecule has 4 fully saturated rings. The molecule has 0 atom stereocenters. The normalized spacial score (nSPS) is 27.3. The minimum absolute atomic E-state index is 0.101. The SMILES string of the molecule is COc1ccc(S(=O)(=O)N(C)C)cc1CCC(=O)Nc1ccc(C23CC4CC(CC(C4)C2)C3)cc1. The van der Waals surface area contributed by atoms with E-state index in [1.807, 2.05) is 12.1 Å². The van der Waals surface area contributed by atoms with Gasteiger partial charge in [0, 0.05) is 26.2 Å². The molecule has 0 unspecified atom stereocenters. The number of sulfonamides is 1. The first-order valence-corrected chi connectivity index (χ1v) is 14.1. The van der Waals surface area contributed by atoms with Crippen LogP contribution in [0.1, 0.15) is 56.1 Å². The fourth-order valence-corrected chi connectivity index (χ4v) is 8.12. The average molecular weight is 497 g/mol.